The molecule has 52 heavy (non-hydrogen) atoms. The summed E-state index contributed by atoms with van der Waals surface area (Å²) in [7, 11) is 0. The fourth-order valence-corrected chi connectivity index (χ4v) is 6.78. The highest BCUT2D eigenvalue weighted by Gasteiger charge is 2.44. The van der Waals surface area contributed by atoms with Crippen molar-refractivity contribution < 1.29 is 49.0 Å². The van der Waals surface area contributed by atoms with Gasteiger partial charge in [0, 0.05) is 12.8 Å². The summed E-state index contributed by atoms with van der Waals surface area (Å²) in [6.45, 7) is 3.43. The first-order valence-corrected chi connectivity index (χ1v) is 21.6. The van der Waals surface area contributed by atoms with Gasteiger partial charge in [-0.2, -0.15) is 0 Å². The summed E-state index contributed by atoms with van der Waals surface area (Å²) < 4.78 is 22.1. The van der Waals surface area contributed by atoms with E-state index in [-0.39, 0.29) is 32.0 Å². The van der Waals surface area contributed by atoms with Gasteiger partial charge in [-0.25, -0.2) is 0 Å². The van der Waals surface area contributed by atoms with E-state index in [4.69, 9.17) is 18.9 Å². The lowest BCUT2D eigenvalue weighted by Crippen LogP contribution is -2.59. The zero-order valence-electron chi connectivity index (χ0n) is 33.3. The summed E-state index contributed by atoms with van der Waals surface area (Å²) in [6, 6.07) is 0. The van der Waals surface area contributed by atoms with Crippen LogP contribution in [0.15, 0.2) is 0 Å². The van der Waals surface area contributed by atoms with Gasteiger partial charge in [-0.1, -0.05) is 174 Å². The van der Waals surface area contributed by atoms with Crippen LogP contribution in [0.3, 0.4) is 0 Å². The van der Waals surface area contributed by atoms with Crippen LogP contribution in [0, 0.1) is 0 Å². The second-order valence-corrected chi connectivity index (χ2v) is 15.2. The summed E-state index contributed by atoms with van der Waals surface area (Å²) >= 11 is 0. The van der Waals surface area contributed by atoms with Crippen LogP contribution >= 0.6 is 0 Å². The Morgan fingerprint density at radius 3 is 1.31 bits per heavy atom. The van der Waals surface area contributed by atoms with Crippen LogP contribution in [0.2, 0.25) is 0 Å². The van der Waals surface area contributed by atoms with Crippen molar-refractivity contribution in [2.24, 2.45) is 0 Å². The van der Waals surface area contributed by atoms with E-state index in [1.807, 2.05) is 0 Å². The molecule has 0 saturated carbocycles. The summed E-state index contributed by atoms with van der Waals surface area (Å²) in [6.07, 6.45) is 25.4. The number of carbonyl (C=O) groups is 2. The van der Waals surface area contributed by atoms with Crippen molar-refractivity contribution >= 4 is 11.9 Å². The summed E-state index contributed by atoms with van der Waals surface area (Å²) in [5.41, 5.74) is 0. The minimum absolute atomic E-state index is 0.210. The molecule has 0 amide bonds. The van der Waals surface area contributed by atoms with E-state index in [1.165, 1.54) is 128 Å². The molecule has 1 aliphatic rings. The van der Waals surface area contributed by atoms with Crippen molar-refractivity contribution in [3.8, 4) is 0 Å². The molecule has 0 aromatic rings. The van der Waals surface area contributed by atoms with Crippen molar-refractivity contribution in [2.45, 2.75) is 237 Å². The van der Waals surface area contributed by atoms with Gasteiger partial charge >= 0.3 is 11.9 Å². The number of aliphatic hydroxyl groups excluding tert-OH is 4. The molecule has 1 saturated heterocycles. The molecule has 0 aromatic carbocycles. The number of esters is 2. The predicted octanol–water partition coefficient (Wildman–Crippen LogP) is 8.61. The maximum Gasteiger partial charge on any atom is 0.306 e. The zero-order chi connectivity index (χ0) is 38.1. The average molecular weight is 745 g/mol. The summed E-state index contributed by atoms with van der Waals surface area (Å²) in [5.74, 6) is -0.796. The molecule has 1 heterocycles. The molecule has 0 aromatic heterocycles. The third kappa shape index (κ3) is 25.7. The van der Waals surface area contributed by atoms with E-state index in [0.717, 1.165) is 38.5 Å². The second kappa shape index (κ2) is 34.2. The number of hydrogen-bond donors (Lipinski definition) is 4. The molecule has 1 aliphatic heterocycles. The van der Waals surface area contributed by atoms with Gasteiger partial charge in [-0.15, -0.1) is 0 Å². The molecule has 0 aliphatic carbocycles. The molecule has 2 unspecified atom stereocenters. The van der Waals surface area contributed by atoms with Crippen LogP contribution in [-0.4, -0.2) is 89.0 Å². The van der Waals surface area contributed by atoms with E-state index in [1.54, 1.807) is 0 Å². The molecule has 6 atom stereocenters. The van der Waals surface area contributed by atoms with Crippen LogP contribution in [0.4, 0.5) is 0 Å². The standard InChI is InChI=1S/C42H80O10/c1-3-5-7-9-11-13-15-16-17-18-19-20-21-23-25-27-29-31-38(45)51-35(34-50-42-41(48)40(47)39(46)36(32-43)52-42)33-49-37(44)30-28-26-24-22-14-12-10-8-6-4-2/h35-36,39-43,46-48H,3-34H2,1-2H3/t35-,36-,39+,40?,41?,42-/m1/s1. The predicted molar refractivity (Wildman–Crippen MR) is 206 cm³/mol. The first-order valence-electron chi connectivity index (χ1n) is 21.6. The van der Waals surface area contributed by atoms with Crippen molar-refractivity contribution in [1.29, 1.82) is 0 Å². The minimum Gasteiger partial charge on any atom is -0.462 e. The molecule has 0 bridgehead atoms. The molecule has 308 valence electrons. The molecule has 0 radical (unpaired) electrons. The minimum atomic E-state index is -1.59. The Bertz CT molecular complexity index is 825. The maximum absolute atomic E-state index is 12.7. The number of hydrogen-bond acceptors (Lipinski definition) is 10. The van der Waals surface area contributed by atoms with Gasteiger partial charge in [-0.3, -0.25) is 9.59 Å². The third-order valence-corrected chi connectivity index (χ3v) is 10.2. The van der Waals surface area contributed by atoms with Gasteiger partial charge in [-0.05, 0) is 12.8 Å². The van der Waals surface area contributed by atoms with Gasteiger partial charge in [0.2, 0.25) is 0 Å². The van der Waals surface area contributed by atoms with E-state index < -0.39 is 49.4 Å². The Kier molecular flexibility index (Phi) is 32.1. The van der Waals surface area contributed by atoms with Crippen molar-refractivity contribution in [1.82, 2.24) is 0 Å². The first-order chi connectivity index (χ1) is 25.3. The normalized spacial score (nSPS) is 20.9. The van der Waals surface area contributed by atoms with E-state index in [0.29, 0.717) is 6.42 Å². The van der Waals surface area contributed by atoms with Gasteiger partial charge in [0.1, 0.15) is 31.0 Å². The molecular weight excluding hydrogens is 664 g/mol. The summed E-state index contributed by atoms with van der Waals surface area (Å²) in [5, 5.41) is 40.0. The number of aliphatic hydroxyl groups is 4. The molecule has 0 spiro atoms. The van der Waals surface area contributed by atoms with Gasteiger partial charge in [0.05, 0.1) is 13.2 Å². The maximum atomic E-state index is 12.7. The van der Waals surface area contributed by atoms with Crippen LogP contribution < -0.4 is 0 Å². The lowest BCUT2D eigenvalue weighted by atomic mass is 9.99. The Morgan fingerprint density at radius 1 is 0.519 bits per heavy atom. The Hall–Kier alpha value is -1.30. The highest BCUT2D eigenvalue weighted by molar-refractivity contribution is 5.70. The van der Waals surface area contributed by atoms with Crippen LogP contribution in [0.1, 0.15) is 200 Å². The molecular formula is C42H80O10. The fraction of sp³-hybridized carbons (Fsp3) is 0.952. The SMILES string of the molecule is CCCCCCCCCCCCCCCCCCCC(=O)O[C@H](COC(=O)CCCCCCCCCCCC)CO[C@@H]1O[C@H](CO)[C@H](O)C(O)C1O. The van der Waals surface area contributed by atoms with Crippen LogP contribution in [0.5, 0.6) is 0 Å². The number of carbonyl (C=O) groups excluding carboxylic acids is 2. The number of unbranched alkanes of at least 4 members (excludes halogenated alkanes) is 25. The second-order valence-electron chi connectivity index (χ2n) is 15.2. The molecule has 1 fully saturated rings. The first kappa shape index (κ1) is 48.7. The van der Waals surface area contributed by atoms with Gasteiger partial charge < -0.3 is 39.4 Å². The Labute approximate surface area is 317 Å². The molecule has 4 N–H and O–H groups in total. The zero-order valence-corrected chi connectivity index (χ0v) is 33.3. The highest BCUT2D eigenvalue weighted by atomic mass is 16.7. The quantitative estimate of drug-likeness (QED) is 0.0363. The van der Waals surface area contributed by atoms with Crippen molar-refractivity contribution in [3.63, 3.8) is 0 Å². The molecule has 10 heteroatoms. The fourth-order valence-electron chi connectivity index (χ4n) is 6.78. The van der Waals surface area contributed by atoms with E-state index in [2.05, 4.69) is 13.8 Å². The average Bonchev–Trinajstić information content (AvgIpc) is 3.14. The van der Waals surface area contributed by atoms with Gasteiger partial charge in [0.25, 0.3) is 0 Å². The van der Waals surface area contributed by atoms with Crippen LogP contribution in [0.25, 0.3) is 0 Å². The molecule has 1 rings (SSSR count). The van der Waals surface area contributed by atoms with Gasteiger partial charge in [0.15, 0.2) is 12.4 Å². The Balaban J connectivity index is 2.31. The highest BCUT2D eigenvalue weighted by Crippen LogP contribution is 2.23. The molecule has 10 nitrogen and oxygen atoms in total. The summed E-state index contributed by atoms with van der Waals surface area (Å²) in [4.78, 5) is 25.2. The third-order valence-electron chi connectivity index (χ3n) is 10.2. The monoisotopic (exact) mass is 745 g/mol. The van der Waals surface area contributed by atoms with Crippen molar-refractivity contribution in [2.75, 3.05) is 19.8 Å². The topological polar surface area (TPSA) is 152 Å². The van der Waals surface area contributed by atoms with Crippen molar-refractivity contribution in [3.05, 3.63) is 0 Å². The smallest absolute Gasteiger partial charge is 0.306 e. The number of ether oxygens (including phenoxy) is 4. The van der Waals surface area contributed by atoms with E-state index >= 15 is 0 Å². The largest absolute Gasteiger partial charge is 0.462 e. The lowest BCUT2D eigenvalue weighted by Gasteiger charge is -2.39. The lowest BCUT2D eigenvalue weighted by molar-refractivity contribution is -0.305. The Morgan fingerprint density at radius 2 is 0.904 bits per heavy atom. The van der Waals surface area contributed by atoms with Crippen LogP contribution in [-0.2, 0) is 28.5 Å². The van der Waals surface area contributed by atoms with E-state index in [9.17, 15) is 30.0 Å². The number of rotatable bonds is 36.